The van der Waals surface area contributed by atoms with E-state index in [0.29, 0.717) is 0 Å². The maximum absolute atomic E-state index is 11.8. The van der Waals surface area contributed by atoms with Gasteiger partial charge in [0.05, 0.1) is 11.9 Å². The highest BCUT2D eigenvalue weighted by Crippen LogP contribution is 2.08. The Kier molecular flexibility index (Phi) is 10.4. The summed E-state index contributed by atoms with van der Waals surface area (Å²) in [5, 5.41) is 19.0. The summed E-state index contributed by atoms with van der Waals surface area (Å²) in [6, 6.07) is 18.6. The van der Waals surface area contributed by atoms with Gasteiger partial charge >= 0.3 is 0 Å². The van der Waals surface area contributed by atoms with Crippen LogP contribution in [0.25, 0.3) is 0 Å². The standard InChI is InChI=1S/C13H10O.2C4H6O2/c14-13(11-7-3-1-4-8-11)12-9-5-2-6-10-12;2*1-3(2)4(5)6/h1-10H;2*1H2,2H3,(H,5,6)/p-2. The van der Waals surface area contributed by atoms with Crippen LogP contribution >= 0.6 is 0 Å². The van der Waals surface area contributed by atoms with Crippen LogP contribution in [0.1, 0.15) is 29.8 Å². The van der Waals surface area contributed by atoms with Gasteiger partial charge < -0.3 is 19.8 Å². The van der Waals surface area contributed by atoms with Crippen LogP contribution in [0, 0.1) is 0 Å². The highest BCUT2D eigenvalue weighted by molar-refractivity contribution is 6.08. The minimum atomic E-state index is -1.19. The van der Waals surface area contributed by atoms with Crippen LogP contribution in [0.15, 0.2) is 85.0 Å². The molecule has 0 aliphatic carbocycles. The molecule has 5 nitrogen and oxygen atoms in total. The van der Waals surface area contributed by atoms with E-state index in [1.165, 1.54) is 13.8 Å². The lowest BCUT2D eigenvalue weighted by atomic mass is 10.0. The molecule has 0 aromatic heterocycles. The first kappa shape index (κ1) is 22.5. The maximum atomic E-state index is 11.8. The summed E-state index contributed by atoms with van der Waals surface area (Å²) in [7, 11) is 0. The Morgan fingerprint density at radius 2 is 0.885 bits per heavy atom. The average molecular weight is 352 g/mol. The number of carbonyl (C=O) groups is 3. The second-order valence-corrected chi connectivity index (χ2v) is 5.20. The van der Waals surface area contributed by atoms with Crippen LogP contribution < -0.4 is 10.2 Å². The highest BCUT2D eigenvalue weighted by Gasteiger charge is 2.06. The van der Waals surface area contributed by atoms with Crippen molar-refractivity contribution in [2.24, 2.45) is 0 Å². The average Bonchev–Trinajstić information content (AvgIpc) is 2.63. The number of hydrogen-bond acceptors (Lipinski definition) is 5. The summed E-state index contributed by atoms with van der Waals surface area (Å²) in [4.78, 5) is 30.8. The molecule has 0 saturated heterocycles. The van der Waals surface area contributed by atoms with Gasteiger partial charge in [-0.2, -0.15) is 0 Å². The normalized spacial score (nSPS) is 8.69. The third-order valence-corrected chi connectivity index (χ3v) is 2.77. The van der Waals surface area contributed by atoms with Gasteiger partial charge in [-0.05, 0) is 25.0 Å². The second kappa shape index (κ2) is 12.0. The molecular formula is C21H20O5-2. The number of aliphatic carboxylic acids is 2. The van der Waals surface area contributed by atoms with Crippen molar-refractivity contribution in [1.82, 2.24) is 0 Å². The maximum Gasteiger partial charge on any atom is 0.193 e. The van der Waals surface area contributed by atoms with Gasteiger partial charge in [-0.15, -0.1) is 0 Å². The molecule has 2 rings (SSSR count). The zero-order chi connectivity index (χ0) is 20.1. The SMILES string of the molecule is C=C(C)C(=O)[O-].C=C(C)C(=O)[O-].O=C(c1ccccc1)c1ccccc1. The monoisotopic (exact) mass is 352 g/mol. The number of ketones is 1. The Hall–Kier alpha value is -3.47. The third-order valence-electron chi connectivity index (χ3n) is 2.77. The molecule has 0 bridgehead atoms. The van der Waals surface area contributed by atoms with E-state index in [1.807, 2.05) is 60.7 Å². The minimum Gasteiger partial charge on any atom is -0.545 e. The molecule has 136 valence electrons. The zero-order valence-corrected chi connectivity index (χ0v) is 14.7. The Morgan fingerprint density at radius 3 is 1.08 bits per heavy atom. The molecule has 0 aliphatic heterocycles. The van der Waals surface area contributed by atoms with Crippen LogP contribution in [-0.4, -0.2) is 17.7 Å². The largest absolute Gasteiger partial charge is 0.545 e. The molecule has 0 radical (unpaired) electrons. The number of carboxylic acids is 2. The number of hydrogen-bond donors (Lipinski definition) is 0. The van der Waals surface area contributed by atoms with Gasteiger partial charge in [-0.3, -0.25) is 4.79 Å². The summed E-state index contributed by atoms with van der Waals surface area (Å²) >= 11 is 0. The molecule has 5 heteroatoms. The Bertz CT molecular complexity index is 672. The van der Waals surface area contributed by atoms with Crippen LogP contribution in [0.3, 0.4) is 0 Å². The third kappa shape index (κ3) is 9.62. The topological polar surface area (TPSA) is 97.3 Å². The molecule has 0 fully saturated rings. The van der Waals surface area contributed by atoms with Crippen molar-refractivity contribution < 1.29 is 24.6 Å². The van der Waals surface area contributed by atoms with Gasteiger partial charge in [0.25, 0.3) is 0 Å². The van der Waals surface area contributed by atoms with Crippen LogP contribution in [0.2, 0.25) is 0 Å². The lowest BCUT2D eigenvalue weighted by Gasteiger charge is -1.99. The van der Waals surface area contributed by atoms with Crippen molar-refractivity contribution in [1.29, 1.82) is 0 Å². The minimum absolute atomic E-state index is 0.0648. The quantitative estimate of drug-likeness (QED) is 0.614. The van der Waals surface area contributed by atoms with E-state index in [1.54, 1.807) is 0 Å². The summed E-state index contributed by atoms with van der Waals surface area (Å²) in [5.41, 5.74) is 1.60. The fraction of sp³-hybridized carbons (Fsp3) is 0.0952. The van der Waals surface area contributed by atoms with Gasteiger partial charge in [0, 0.05) is 11.1 Å². The molecule has 0 saturated carbocycles. The number of carbonyl (C=O) groups excluding carboxylic acids is 3. The summed E-state index contributed by atoms with van der Waals surface area (Å²) in [6.07, 6.45) is 0. The Labute approximate surface area is 152 Å². The summed E-state index contributed by atoms with van der Waals surface area (Å²) in [6.45, 7) is 8.95. The highest BCUT2D eigenvalue weighted by atomic mass is 16.4. The fourth-order valence-corrected chi connectivity index (χ4v) is 1.35. The summed E-state index contributed by atoms with van der Waals surface area (Å²) in [5.74, 6) is -2.30. The molecule has 0 spiro atoms. The first-order valence-corrected chi connectivity index (χ1v) is 7.55. The predicted octanol–water partition coefficient (Wildman–Crippen LogP) is 1.54. The van der Waals surface area contributed by atoms with Crippen molar-refractivity contribution in [3.8, 4) is 0 Å². The Morgan fingerprint density at radius 1 is 0.654 bits per heavy atom. The first-order chi connectivity index (χ1) is 12.2. The lowest BCUT2D eigenvalue weighted by Crippen LogP contribution is -2.22. The molecular weight excluding hydrogens is 332 g/mol. The molecule has 0 unspecified atom stereocenters. The molecule has 0 aliphatic rings. The van der Waals surface area contributed by atoms with Gasteiger partial charge in [0.1, 0.15) is 0 Å². The van der Waals surface area contributed by atoms with E-state index in [0.717, 1.165) is 11.1 Å². The predicted molar refractivity (Wildman–Crippen MR) is 96.0 cm³/mol. The van der Waals surface area contributed by atoms with Crippen molar-refractivity contribution >= 4 is 17.7 Å². The lowest BCUT2D eigenvalue weighted by molar-refractivity contribution is -0.300. The molecule has 2 aromatic rings. The molecule has 0 heterocycles. The van der Waals surface area contributed by atoms with Gasteiger partial charge in [-0.1, -0.05) is 73.8 Å². The van der Waals surface area contributed by atoms with E-state index in [4.69, 9.17) is 0 Å². The van der Waals surface area contributed by atoms with Crippen molar-refractivity contribution in [3.63, 3.8) is 0 Å². The van der Waals surface area contributed by atoms with Gasteiger partial charge in [0.2, 0.25) is 0 Å². The number of carboxylic acid groups (broad SMARTS) is 2. The van der Waals surface area contributed by atoms with E-state index < -0.39 is 11.9 Å². The first-order valence-electron chi connectivity index (χ1n) is 7.55. The summed E-state index contributed by atoms with van der Waals surface area (Å²) < 4.78 is 0. The molecule has 0 N–H and O–H groups in total. The van der Waals surface area contributed by atoms with E-state index in [2.05, 4.69) is 13.2 Å². The van der Waals surface area contributed by atoms with Crippen molar-refractivity contribution in [2.75, 3.05) is 0 Å². The van der Waals surface area contributed by atoms with Crippen molar-refractivity contribution in [3.05, 3.63) is 96.1 Å². The van der Waals surface area contributed by atoms with E-state index in [9.17, 15) is 24.6 Å². The van der Waals surface area contributed by atoms with Gasteiger partial charge in [-0.25, -0.2) is 0 Å². The molecule has 0 atom stereocenters. The Balaban J connectivity index is 0.000000437. The molecule has 2 aromatic carbocycles. The number of benzene rings is 2. The van der Waals surface area contributed by atoms with Crippen LogP contribution in [0.5, 0.6) is 0 Å². The van der Waals surface area contributed by atoms with E-state index >= 15 is 0 Å². The van der Waals surface area contributed by atoms with Crippen LogP contribution in [0.4, 0.5) is 0 Å². The number of rotatable bonds is 4. The fourth-order valence-electron chi connectivity index (χ4n) is 1.35. The van der Waals surface area contributed by atoms with Crippen molar-refractivity contribution in [2.45, 2.75) is 13.8 Å². The second-order valence-electron chi connectivity index (χ2n) is 5.20. The van der Waals surface area contributed by atoms with E-state index in [-0.39, 0.29) is 16.9 Å². The zero-order valence-electron chi connectivity index (χ0n) is 14.7. The molecule has 26 heavy (non-hydrogen) atoms. The molecule has 0 amide bonds. The van der Waals surface area contributed by atoms with Gasteiger partial charge in [0.15, 0.2) is 5.78 Å². The smallest absolute Gasteiger partial charge is 0.193 e. The van der Waals surface area contributed by atoms with Crippen LogP contribution in [-0.2, 0) is 9.59 Å².